The lowest BCUT2D eigenvalue weighted by molar-refractivity contribution is 0.0930. The molecule has 0 radical (unpaired) electrons. The van der Waals surface area contributed by atoms with E-state index >= 15 is 0 Å². The van der Waals surface area contributed by atoms with Crippen molar-refractivity contribution in [2.24, 2.45) is 11.7 Å². The third kappa shape index (κ3) is 4.58. The fourth-order valence-electron chi connectivity index (χ4n) is 3.89. The zero-order valence-electron chi connectivity index (χ0n) is 16.5. The largest absolute Gasteiger partial charge is 0.349 e. The Balaban J connectivity index is 0.00000150. The summed E-state index contributed by atoms with van der Waals surface area (Å²) in [6.45, 7) is 4.74. The second-order valence-electron chi connectivity index (χ2n) is 7.46. The summed E-state index contributed by atoms with van der Waals surface area (Å²) in [6.07, 6.45) is 4.94. The molecule has 1 amide bonds. The standard InChI is InChI=1S/C20H25N5OS.2ClH/c1-12(2)25-19-15(11-22-25)14(9-17(23-19)18-7-4-8-27-18)20(26)24-16-6-3-5-13(16)10-21;;/h4,7-9,11-13,16H,3,5-6,10,21H2,1-2H3,(H,24,26);2*1H. The van der Waals surface area contributed by atoms with E-state index in [-0.39, 0.29) is 42.8 Å². The second kappa shape index (κ2) is 9.89. The van der Waals surface area contributed by atoms with Gasteiger partial charge in [-0.25, -0.2) is 9.67 Å². The Hall–Kier alpha value is -1.67. The zero-order chi connectivity index (χ0) is 19.0. The predicted octanol–water partition coefficient (Wildman–Crippen LogP) is 4.44. The van der Waals surface area contributed by atoms with Crippen LogP contribution in [0.2, 0.25) is 0 Å². The van der Waals surface area contributed by atoms with Crippen molar-refractivity contribution in [2.45, 2.75) is 45.2 Å². The molecule has 0 aliphatic heterocycles. The first-order valence-corrected chi connectivity index (χ1v) is 10.4. The van der Waals surface area contributed by atoms with Crippen LogP contribution in [0.4, 0.5) is 0 Å². The van der Waals surface area contributed by atoms with Crippen LogP contribution in [-0.4, -0.2) is 33.3 Å². The minimum atomic E-state index is -0.0612. The molecule has 29 heavy (non-hydrogen) atoms. The molecule has 3 aromatic heterocycles. The summed E-state index contributed by atoms with van der Waals surface area (Å²) < 4.78 is 1.88. The number of carbonyl (C=O) groups excluding carboxylic acids is 1. The number of amides is 1. The number of nitrogens with zero attached hydrogens (tertiary/aromatic N) is 3. The summed E-state index contributed by atoms with van der Waals surface area (Å²) in [7, 11) is 0. The highest BCUT2D eigenvalue weighted by atomic mass is 35.5. The normalized spacial score (nSPS) is 18.5. The first-order chi connectivity index (χ1) is 13.1. The van der Waals surface area contributed by atoms with Crippen molar-refractivity contribution >= 4 is 53.1 Å². The van der Waals surface area contributed by atoms with Gasteiger partial charge in [0.25, 0.3) is 5.91 Å². The van der Waals surface area contributed by atoms with Gasteiger partial charge >= 0.3 is 0 Å². The zero-order valence-corrected chi connectivity index (χ0v) is 18.9. The first kappa shape index (κ1) is 23.6. The van der Waals surface area contributed by atoms with E-state index in [1.807, 2.05) is 28.3 Å². The van der Waals surface area contributed by atoms with Crippen LogP contribution in [0.25, 0.3) is 21.6 Å². The Kier molecular flexibility index (Phi) is 8.05. The average molecular weight is 456 g/mol. The molecule has 2 unspecified atom stereocenters. The summed E-state index contributed by atoms with van der Waals surface area (Å²) in [5.41, 5.74) is 8.08. The molecule has 1 aliphatic carbocycles. The predicted molar refractivity (Wildman–Crippen MR) is 123 cm³/mol. The van der Waals surface area contributed by atoms with Crippen molar-refractivity contribution < 1.29 is 4.79 Å². The number of aromatic nitrogens is 3. The summed E-state index contributed by atoms with van der Waals surface area (Å²) in [4.78, 5) is 19.0. The topological polar surface area (TPSA) is 85.8 Å². The highest BCUT2D eigenvalue weighted by molar-refractivity contribution is 7.13. The molecule has 4 rings (SSSR count). The second-order valence-corrected chi connectivity index (χ2v) is 8.41. The molecule has 0 aromatic carbocycles. The minimum absolute atomic E-state index is 0. The Morgan fingerprint density at radius 1 is 1.38 bits per heavy atom. The van der Waals surface area contributed by atoms with Gasteiger partial charge in [-0.15, -0.1) is 36.2 Å². The smallest absolute Gasteiger partial charge is 0.252 e. The third-order valence-corrected chi connectivity index (χ3v) is 6.24. The van der Waals surface area contributed by atoms with Crippen molar-refractivity contribution in [3.05, 3.63) is 35.3 Å². The van der Waals surface area contributed by atoms with Crippen molar-refractivity contribution in [1.82, 2.24) is 20.1 Å². The van der Waals surface area contributed by atoms with Gasteiger partial charge in [0.15, 0.2) is 5.65 Å². The number of pyridine rings is 1. The summed E-state index contributed by atoms with van der Waals surface area (Å²) in [5.74, 6) is 0.301. The number of thiophene rings is 1. The van der Waals surface area contributed by atoms with Crippen LogP contribution >= 0.6 is 36.2 Å². The van der Waals surface area contributed by atoms with Crippen molar-refractivity contribution in [3.8, 4) is 10.6 Å². The maximum absolute atomic E-state index is 13.2. The van der Waals surface area contributed by atoms with Gasteiger partial charge in [0, 0.05) is 12.1 Å². The lowest BCUT2D eigenvalue weighted by Crippen LogP contribution is -2.40. The number of hydrogen-bond acceptors (Lipinski definition) is 5. The van der Waals surface area contributed by atoms with E-state index in [9.17, 15) is 4.79 Å². The molecule has 1 saturated carbocycles. The fraction of sp³-hybridized carbons (Fsp3) is 0.450. The highest BCUT2D eigenvalue weighted by Gasteiger charge is 2.28. The maximum atomic E-state index is 13.2. The molecule has 3 N–H and O–H groups in total. The molecule has 9 heteroatoms. The molecular formula is C20H27Cl2N5OS. The third-order valence-electron chi connectivity index (χ3n) is 5.35. The quantitative estimate of drug-likeness (QED) is 0.594. The number of fused-ring (bicyclic) bond motifs is 1. The summed E-state index contributed by atoms with van der Waals surface area (Å²) in [6, 6.07) is 6.23. The lowest BCUT2D eigenvalue weighted by atomic mass is 10.0. The molecule has 0 bridgehead atoms. The van der Waals surface area contributed by atoms with Gasteiger partial charge in [-0.3, -0.25) is 4.79 Å². The van der Waals surface area contributed by atoms with Crippen LogP contribution in [-0.2, 0) is 0 Å². The molecule has 6 nitrogen and oxygen atoms in total. The van der Waals surface area contributed by atoms with Crippen molar-refractivity contribution in [2.75, 3.05) is 6.54 Å². The van der Waals surface area contributed by atoms with E-state index < -0.39 is 0 Å². The average Bonchev–Trinajstić information content (AvgIpc) is 3.40. The molecule has 158 valence electrons. The maximum Gasteiger partial charge on any atom is 0.252 e. The Bertz CT molecular complexity index is 957. The van der Waals surface area contributed by atoms with Crippen LogP contribution < -0.4 is 11.1 Å². The monoisotopic (exact) mass is 455 g/mol. The number of nitrogens with two attached hydrogens (primary N) is 1. The molecule has 2 atom stereocenters. The molecular weight excluding hydrogens is 429 g/mol. The van der Waals surface area contributed by atoms with Gasteiger partial charge in [-0.1, -0.05) is 12.5 Å². The van der Waals surface area contributed by atoms with Gasteiger partial charge in [0.2, 0.25) is 0 Å². The van der Waals surface area contributed by atoms with Gasteiger partial charge in [0.05, 0.1) is 27.7 Å². The Morgan fingerprint density at radius 3 is 2.83 bits per heavy atom. The fourth-order valence-corrected chi connectivity index (χ4v) is 4.58. The highest BCUT2D eigenvalue weighted by Crippen LogP contribution is 2.30. The van der Waals surface area contributed by atoms with E-state index in [2.05, 4.69) is 24.3 Å². The number of halogens is 2. The molecule has 3 heterocycles. The van der Waals surface area contributed by atoms with Crippen LogP contribution in [0.1, 0.15) is 49.5 Å². The van der Waals surface area contributed by atoms with Gasteiger partial charge in [-0.2, -0.15) is 5.10 Å². The first-order valence-electron chi connectivity index (χ1n) is 9.51. The van der Waals surface area contributed by atoms with E-state index in [0.29, 0.717) is 18.0 Å². The van der Waals surface area contributed by atoms with Gasteiger partial charge < -0.3 is 11.1 Å². The minimum Gasteiger partial charge on any atom is -0.349 e. The molecule has 3 aromatic rings. The summed E-state index contributed by atoms with van der Waals surface area (Å²) >= 11 is 1.62. The Morgan fingerprint density at radius 2 is 2.17 bits per heavy atom. The van der Waals surface area contributed by atoms with Crippen molar-refractivity contribution in [3.63, 3.8) is 0 Å². The number of carbonyl (C=O) groups is 1. The van der Waals surface area contributed by atoms with Crippen LogP contribution in [0, 0.1) is 5.92 Å². The molecule has 1 fully saturated rings. The van der Waals surface area contributed by atoms with Crippen LogP contribution in [0.15, 0.2) is 29.8 Å². The van der Waals surface area contributed by atoms with Gasteiger partial charge in [-0.05, 0) is 56.7 Å². The molecule has 1 aliphatic rings. The van der Waals surface area contributed by atoms with E-state index in [1.165, 1.54) is 0 Å². The van der Waals surface area contributed by atoms with Crippen molar-refractivity contribution in [1.29, 1.82) is 0 Å². The Labute approximate surface area is 187 Å². The number of rotatable bonds is 5. The van der Waals surface area contributed by atoms with Gasteiger partial charge in [0.1, 0.15) is 0 Å². The van der Waals surface area contributed by atoms with E-state index in [4.69, 9.17) is 10.7 Å². The number of hydrogen-bond donors (Lipinski definition) is 2. The van der Waals surface area contributed by atoms with E-state index in [1.54, 1.807) is 17.5 Å². The lowest BCUT2D eigenvalue weighted by Gasteiger charge is -2.20. The van der Waals surface area contributed by atoms with E-state index in [0.717, 1.165) is 40.9 Å². The SMILES string of the molecule is CC(C)n1ncc2c(C(=O)NC3CCCC3CN)cc(-c3cccs3)nc21.Cl.Cl. The summed E-state index contributed by atoms with van der Waals surface area (Å²) in [5, 5.41) is 10.5. The molecule has 0 spiro atoms. The molecule has 0 saturated heterocycles. The number of nitrogens with one attached hydrogen (secondary N) is 1. The van der Waals surface area contributed by atoms with Crippen LogP contribution in [0.5, 0.6) is 0 Å². The van der Waals surface area contributed by atoms with Crippen LogP contribution in [0.3, 0.4) is 0 Å².